The lowest BCUT2D eigenvalue weighted by Gasteiger charge is -2.23. The van der Waals surface area contributed by atoms with Crippen molar-refractivity contribution in [3.05, 3.63) is 23.8 Å². The van der Waals surface area contributed by atoms with Crippen LogP contribution in [-0.2, 0) is 21.2 Å². The van der Waals surface area contributed by atoms with Crippen LogP contribution in [0.1, 0.15) is 63.4 Å². The van der Waals surface area contributed by atoms with Crippen molar-refractivity contribution in [2.45, 2.75) is 69.5 Å². The van der Waals surface area contributed by atoms with Crippen LogP contribution in [0.3, 0.4) is 0 Å². The smallest absolute Gasteiger partial charge is 0.235 e. The number of hydrogen-bond acceptors (Lipinski definition) is 3. The van der Waals surface area contributed by atoms with Crippen molar-refractivity contribution in [2.24, 2.45) is 5.92 Å². The minimum atomic E-state index is -3.33. The van der Waals surface area contributed by atoms with Gasteiger partial charge in [-0.15, -0.1) is 0 Å². The van der Waals surface area contributed by atoms with Crippen molar-refractivity contribution >= 4 is 27.3 Å². The van der Waals surface area contributed by atoms with E-state index in [0.29, 0.717) is 12.2 Å². The first-order valence-electron chi connectivity index (χ1n) is 10.0. The van der Waals surface area contributed by atoms with Gasteiger partial charge in [0.1, 0.15) is 0 Å². The lowest BCUT2D eigenvalue weighted by Crippen LogP contribution is -2.33. The van der Waals surface area contributed by atoms with Gasteiger partial charge in [-0.2, -0.15) is 0 Å². The summed E-state index contributed by atoms with van der Waals surface area (Å²) in [5.74, 6) is 0.419. The average molecular weight is 377 g/mol. The molecular formula is C20H28N2O3S. The summed E-state index contributed by atoms with van der Waals surface area (Å²) in [5.41, 5.74) is 2.66. The van der Waals surface area contributed by atoms with Crippen LogP contribution in [-0.4, -0.2) is 26.1 Å². The van der Waals surface area contributed by atoms with Gasteiger partial charge in [-0.3, -0.25) is 9.52 Å². The van der Waals surface area contributed by atoms with Gasteiger partial charge in [0.15, 0.2) is 0 Å². The fourth-order valence-electron chi connectivity index (χ4n) is 4.71. The number of carbonyl (C=O) groups excluding carboxylic acids is 1. The fourth-order valence-corrected chi connectivity index (χ4v) is 6.29. The summed E-state index contributed by atoms with van der Waals surface area (Å²) in [6.45, 7) is 0.712. The Bertz CT molecular complexity index is 778. The number of sulfonamides is 1. The normalized spacial score (nSPS) is 21.8. The number of hydrogen-bond donors (Lipinski definition) is 1. The van der Waals surface area contributed by atoms with E-state index in [-0.39, 0.29) is 17.1 Å². The highest BCUT2D eigenvalue weighted by atomic mass is 32.2. The molecule has 2 saturated carbocycles. The quantitative estimate of drug-likeness (QED) is 0.868. The number of fused-ring (bicyclic) bond motifs is 1. The molecule has 6 heteroatoms. The number of anilines is 2. The van der Waals surface area contributed by atoms with Crippen LogP contribution >= 0.6 is 0 Å². The number of carbonyl (C=O) groups is 1. The Morgan fingerprint density at radius 3 is 2.42 bits per heavy atom. The molecule has 0 spiro atoms. The topological polar surface area (TPSA) is 66.5 Å². The molecule has 0 saturated heterocycles. The molecule has 0 bridgehead atoms. The third-order valence-electron chi connectivity index (χ3n) is 6.20. The van der Waals surface area contributed by atoms with E-state index in [2.05, 4.69) is 4.72 Å². The highest BCUT2D eigenvalue weighted by Crippen LogP contribution is 2.35. The Morgan fingerprint density at radius 1 is 1.00 bits per heavy atom. The molecule has 142 valence electrons. The van der Waals surface area contributed by atoms with Crippen LogP contribution in [0.5, 0.6) is 0 Å². The second kappa shape index (κ2) is 7.22. The highest BCUT2D eigenvalue weighted by molar-refractivity contribution is 7.93. The molecule has 26 heavy (non-hydrogen) atoms. The first-order valence-corrected chi connectivity index (χ1v) is 11.6. The summed E-state index contributed by atoms with van der Waals surface area (Å²) < 4.78 is 28.0. The van der Waals surface area contributed by atoms with Gasteiger partial charge >= 0.3 is 0 Å². The van der Waals surface area contributed by atoms with Crippen LogP contribution in [0.4, 0.5) is 11.4 Å². The van der Waals surface area contributed by atoms with Gasteiger partial charge in [0.05, 0.1) is 5.25 Å². The van der Waals surface area contributed by atoms with Crippen molar-refractivity contribution < 1.29 is 13.2 Å². The molecule has 0 aromatic heterocycles. The summed E-state index contributed by atoms with van der Waals surface area (Å²) in [6, 6.07) is 5.63. The predicted molar refractivity (Wildman–Crippen MR) is 104 cm³/mol. The van der Waals surface area contributed by atoms with Crippen molar-refractivity contribution in [3.8, 4) is 0 Å². The molecule has 0 unspecified atom stereocenters. The van der Waals surface area contributed by atoms with Crippen molar-refractivity contribution in [3.63, 3.8) is 0 Å². The number of amides is 1. The van der Waals surface area contributed by atoms with E-state index in [9.17, 15) is 13.2 Å². The minimum Gasteiger partial charge on any atom is -0.312 e. The summed E-state index contributed by atoms with van der Waals surface area (Å²) in [4.78, 5) is 14.7. The van der Waals surface area contributed by atoms with Gasteiger partial charge in [0.2, 0.25) is 15.9 Å². The zero-order chi connectivity index (χ0) is 18.1. The van der Waals surface area contributed by atoms with Crippen LogP contribution in [0, 0.1) is 5.92 Å². The van der Waals surface area contributed by atoms with Crippen LogP contribution in [0.2, 0.25) is 0 Å². The number of rotatable bonds is 4. The fraction of sp³-hybridized carbons (Fsp3) is 0.650. The van der Waals surface area contributed by atoms with E-state index in [1.165, 1.54) is 0 Å². The molecule has 2 aliphatic carbocycles. The molecule has 1 N–H and O–H groups in total. The van der Waals surface area contributed by atoms with Crippen LogP contribution < -0.4 is 9.62 Å². The predicted octanol–water partition coefficient (Wildman–Crippen LogP) is 3.84. The molecule has 0 atom stereocenters. The highest BCUT2D eigenvalue weighted by Gasteiger charge is 2.32. The van der Waals surface area contributed by atoms with E-state index >= 15 is 0 Å². The summed E-state index contributed by atoms with van der Waals surface area (Å²) in [5, 5.41) is -0.273. The lowest BCUT2D eigenvalue weighted by atomic mass is 10.0. The Hall–Kier alpha value is -1.56. The number of nitrogens with one attached hydrogen (secondary N) is 1. The van der Waals surface area contributed by atoms with Crippen molar-refractivity contribution in [2.75, 3.05) is 16.2 Å². The summed E-state index contributed by atoms with van der Waals surface area (Å²) in [7, 11) is -3.33. The van der Waals surface area contributed by atoms with Gasteiger partial charge in [-0.05, 0) is 55.9 Å². The molecule has 3 aliphatic rings. The Morgan fingerprint density at radius 2 is 1.69 bits per heavy atom. The third kappa shape index (κ3) is 3.48. The molecular weight excluding hydrogens is 348 g/mol. The van der Waals surface area contributed by atoms with Gasteiger partial charge in [0, 0.05) is 23.8 Å². The number of nitrogens with zero attached hydrogens (tertiary/aromatic N) is 1. The summed E-state index contributed by atoms with van der Waals surface area (Å²) >= 11 is 0. The molecule has 2 fully saturated rings. The van der Waals surface area contributed by atoms with Crippen LogP contribution in [0.15, 0.2) is 18.2 Å². The number of benzene rings is 1. The largest absolute Gasteiger partial charge is 0.312 e. The molecule has 0 radical (unpaired) electrons. The van der Waals surface area contributed by atoms with Gasteiger partial charge in [-0.25, -0.2) is 8.42 Å². The summed E-state index contributed by atoms with van der Waals surface area (Å²) in [6.07, 6.45) is 9.74. The molecule has 4 rings (SSSR count). The third-order valence-corrected chi connectivity index (χ3v) is 8.07. The molecule has 1 aromatic carbocycles. The van der Waals surface area contributed by atoms with E-state index in [1.54, 1.807) is 6.07 Å². The van der Waals surface area contributed by atoms with Gasteiger partial charge in [0.25, 0.3) is 0 Å². The van der Waals surface area contributed by atoms with E-state index in [1.807, 2.05) is 17.0 Å². The average Bonchev–Trinajstić information content (AvgIpc) is 3.31. The van der Waals surface area contributed by atoms with Crippen LogP contribution in [0.25, 0.3) is 0 Å². The maximum atomic E-state index is 12.7. The zero-order valence-corrected chi connectivity index (χ0v) is 16.1. The maximum absolute atomic E-state index is 12.7. The monoisotopic (exact) mass is 376 g/mol. The first-order chi connectivity index (χ1) is 12.5. The SMILES string of the molecule is O=C(C1CCCC1)N1CCc2cc(NS(=O)(=O)C3CCCCC3)ccc21. The molecule has 5 nitrogen and oxygen atoms in total. The Kier molecular flexibility index (Phi) is 4.95. The molecule has 1 aliphatic heterocycles. The van der Waals surface area contributed by atoms with E-state index < -0.39 is 10.0 Å². The van der Waals surface area contributed by atoms with Crippen molar-refractivity contribution in [1.82, 2.24) is 0 Å². The molecule has 1 heterocycles. The minimum absolute atomic E-state index is 0.172. The van der Waals surface area contributed by atoms with E-state index in [4.69, 9.17) is 0 Å². The van der Waals surface area contributed by atoms with Crippen molar-refractivity contribution in [1.29, 1.82) is 0 Å². The van der Waals surface area contributed by atoms with Gasteiger partial charge < -0.3 is 4.90 Å². The maximum Gasteiger partial charge on any atom is 0.235 e. The van der Waals surface area contributed by atoms with E-state index in [0.717, 1.165) is 75.5 Å². The zero-order valence-electron chi connectivity index (χ0n) is 15.2. The Balaban J connectivity index is 1.48. The van der Waals surface area contributed by atoms with Gasteiger partial charge in [-0.1, -0.05) is 32.1 Å². The second-order valence-electron chi connectivity index (χ2n) is 7.97. The lowest BCUT2D eigenvalue weighted by molar-refractivity contribution is -0.122. The first kappa shape index (κ1) is 17.8. The molecule has 1 aromatic rings. The second-order valence-corrected chi connectivity index (χ2v) is 9.93. The Labute approximate surface area is 156 Å². The molecule has 1 amide bonds. The standard InChI is InChI=1S/C20H28N2O3S/c23-20(15-6-4-5-7-15)22-13-12-16-14-17(10-11-19(16)22)21-26(24,25)18-8-2-1-3-9-18/h10-11,14-15,18,21H,1-9,12-13H2.